The van der Waals surface area contributed by atoms with Gasteiger partial charge in [-0.15, -0.1) is 0 Å². The van der Waals surface area contributed by atoms with Crippen LogP contribution >= 0.6 is 0 Å². The molecule has 0 saturated carbocycles. The number of aliphatic hydroxyl groups excluding tert-OH is 1. The third-order valence-electron chi connectivity index (χ3n) is 7.72. The van der Waals surface area contributed by atoms with E-state index in [9.17, 15) is 23.5 Å². The summed E-state index contributed by atoms with van der Waals surface area (Å²) in [5.41, 5.74) is 2.67. The lowest BCUT2D eigenvalue weighted by atomic mass is 9.98. The van der Waals surface area contributed by atoms with E-state index in [1.54, 1.807) is 31.1 Å². The van der Waals surface area contributed by atoms with Crippen molar-refractivity contribution in [3.63, 3.8) is 0 Å². The maximum absolute atomic E-state index is 14.1. The largest absolute Gasteiger partial charge is 0.497 e. The van der Waals surface area contributed by atoms with Gasteiger partial charge in [-0.3, -0.25) is 9.59 Å². The van der Waals surface area contributed by atoms with Gasteiger partial charge in [0.2, 0.25) is 0 Å². The summed E-state index contributed by atoms with van der Waals surface area (Å²) in [6.45, 7) is 11.7. The van der Waals surface area contributed by atoms with Gasteiger partial charge in [-0.2, -0.15) is 0 Å². The second-order valence-corrected chi connectivity index (χ2v) is 12.6. The van der Waals surface area contributed by atoms with Crippen LogP contribution in [0.3, 0.4) is 0 Å². The molecule has 3 aromatic carbocycles. The second kappa shape index (κ2) is 19.6. The molecule has 3 aromatic rings. The Morgan fingerprint density at radius 3 is 2.20 bits per heavy atom. The number of oxime groups is 1. The molecule has 3 rings (SSSR count). The molecule has 0 aliphatic carbocycles. The standard InChI is InChI=1S/C38H50F2N4O5/c1-7-12-44(13-8-2)38(47)31-19-29(26(5)43-49-24-25(3)4)18-30(20-31)37(46)42-35(17-28-14-32(39)21-33(40)15-28)36(45)23-41-22-27-10-9-11-34(16-27)48-6/h9-11,14-16,18-21,25,35-36,41,45H,7-8,12-13,17,22-24H2,1-6H3,(H,42,46)/b43-26+/t35-,36+/m0/s1. The summed E-state index contributed by atoms with van der Waals surface area (Å²) in [5.74, 6) is -1.37. The third-order valence-corrected chi connectivity index (χ3v) is 7.72. The van der Waals surface area contributed by atoms with Crippen molar-refractivity contribution in [3.8, 4) is 5.75 Å². The fraction of sp³-hybridized carbons (Fsp3) is 0.447. The molecule has 0 saturated heterocycles. The van der Waals surface area contributed by atoms with E-state index in [1.807, 2.05) is 52.0 Å². The predicted octanol–water partition coefficient (Wildman–Crippen LogP) is 6.12. The maximum atomic E-state index is 14.1. The number of carbonyl (C=O) groups excluding carboxylic acids is 2. The molecule has 3 N–H and O–H groups in total. The van der Waals surface area contributed by atoms with Crippen LogP contribution in [0.15, 0.2) is 65.8 Å². The monoisotopic (exact) mass is 680 g/mol. The number of amides is 2. The van der Waals surface area contributed by atoms with Gasteiger partial charge in [-0.25, -0.2) is 8.78 Å². The van der Waals surface area contributed by atoms with Crippen molar-refractivity contribution in [2.24, 2.45) is 11.1 Å². The molecule has 0 bridgehead atoms. The van der Waals surface area contributed by atoms with E-state index in [0.29, 0.717) is 48.8 Å². The van der Waals surface area contributed by atoms with Crippen LogP contribution in [-0.4, -0.2) is 73.0 Å². The molecular formula is C38H50F2N4O5. The minimum absolute atomic E-state index is 0.0573. The highest BCUT2D eigenvalue weighted by Gasteiger charge is 2.25. The molecule has 0 unspecified atom stereocenters. The fourth-order valence-electron chi connectivity index (χ4n) is 5.27. The number of ether oxygens (including phenoxy) is 1. The number of rotatable bonds is 19. The predicted molar refractivity (Wildman–Crippen MR) is 188 cm³/mol. The topological polar surface area (TPSA) is 112 Å². The zero-order valence-corrected chi connectivity index (χ0v) is 29.4. The smallest absolute Gasteiger partial charge is 0.253 e. The van der Waals surface area contributed by atoms with Crippen molar-refractivity contribution in [1.29, 1.82) is 0 Å². The lowest BCUT2D eigenvalue weighted by molar-refractivity contribution is 0.0755. The van der Waals surface area contributed by atoms with Crippen molar-refractivity contribution in [1.82, 2.24) is 15.5 Å². The first-order valence-electron chi connectivity index (χ1n) is 16.8. The number of nitrogens with zero attached hydrogens (tertiary/aromatic N) is 2. The molecule has 11 heteroatoms. The maximum Gasteiger partial charge on any atom is 0.253 e. The Morgan fingerprint density at radius 1 is 0.918 bits per heavy atom. The summed E-state index contributed by atoms with van der Waals surface area (Å²) in [7, 11) is 1.58. The van der Waals surface area contributed by atoms with Crippen molar-refractivity contribution in [3.05, 3.63) is 100 Å². The van der Waals surface area contributed by atoms with Gasteiger partial charge in [0, 0.05) is 48.9 Å². The minimum atomic E-state index is -1.15. The van der Waals surface area contributed by atoms with Crippen LogP contribution in [0.5, 0.6) is 5.75 Å². The van der Waals surface area contributed by atoms with E-state index in [-0.39, 0.29) is 35.9 Å². The Balaban J connectivity index is 1.94. The van der Waals surface area contributed by atoms with Crippen molar-refractivity contribution >= 4 is 17.5 Å². The highest BCUT2D eigenvalue weighted by Crippen LogP contribution is 2.18. The van der Waals surface area contributed by atoms with E-state index in [2.05, 4.69) is 15.8 Å². The SMILES string of the molecule is CCCN(CCC)C(=O)c1cc(C(=O)N[C@@H](Cc2cc(F)cc(F)c2)[C@H](O)CNCc2cccc(OC)c2)cc(/C(C)=N/OCC(C)C)c1. The molecule has 0 aliphatic heterocycles. The van der Waals surface area contributed by atoms with Crippen LogP contribution in [-0.2, 0) is 17.8 Å². The van der Waals surface area contributed by atoms with Crippen LogP contribution in [0, 0.1) is 17.6 Å². The van der Waals surface area contributed by atoms with Crippen molar-refractivity contribution in [2.45, 2.75) is 72.6 Å². The first-order valence-corrected chi connectivity index (χ1v) is 16.8. The Labute approximate surface area is 288 Å². The molecule has 49 heavy (non-hydrogen) atoms. The van der Waals surface area contributed by atoms with E-state index in [1.165, 1.54) is 18.2 Å². The number of halogens is 2. The van der Waals surface area contributed by atoms with Gasteiger partial charge >= 0.3 is 0 Å². The summed E-state index contributed by atoms with van der Waals surface area (Å²) >= 11 is 0. The van der Waals surface area contributed by atoms with Gasteiger partial charge in [0.05, 0.1) is 25.0 Å². The molecule has 0 aliphatic rings. The number of hydrogen-bond acceptors (Lipinski definition) is 7. The van der Waals surface area contributed by atoms with Gasteiger partial charge in [-0.05, 0) is 85.7 Å². The number of hydrogen-bond donors (Lipinski definition) is 3. The molecule has 0 heterocycles. The molecule has 0 aromatic heterocycles. The quantitative estimate of drug-likeness (QED) is 0.104. The zero-order chi connectivity index (χ0) is 35.9. The lowest BCUT2D eigenvalue weighted by Crippen LogP contribution is -2.48. The average molecular weight is 681 g/mol. The minimum Gasteiger partial charge on any atom is -0.497 e. The molecule has 2 atom stereocenters. The van der Waals surface area contributed by atoms with E-state index in [0.717, 1.165) is 24.5 Å². The number of benzene rings is 3. The van der Waals surface area contributed by atoms with Crippen LogP contribution in [0.25, 0.3) is 0 Å². The van der Waals surface area contributed by atoms with Gasteiger partial charge in [0.25, 0.3) is 11.8 Å². The third kappa shape index (κ3) is 12.6. The number of methoxy groups -OCH3 is 1. The molecule has 266 valence electrons. The normalized spacial score (nSPS) is 12.8. The van der Waals surface area contributed by atoms with Gasteiger partial charge in [0.15, 0.2) is 0 Å². The van der Waals surface area contributed by atoms with E-state index in [4.69, 9.17) is 9.57 Å². The van der Waals surface area contributed by atoms with Crippen molar-refractivity contribution < 1.29 is 33.1 Å². The zero-order valence-electron chi connectivity index (χ0n) is 29.4. The summed E-state index contributed by atoms with van der Waals surface area (Å²) < 4.78 is 33.6. The van der Waals surface area contributed by atoms with Gasteiger partial charge < -0.3 is 30.2 Å². The summed E-state index contributed by atoms with van der Waals surface area (Å²) in [4.78, 5) is 34.8. The molecule has 2 amide bonds. The van der Waals surface area contributed by atoms with Crippen molar-refractivity contribution in [2.75, 3.05) is 33.4 Å². The first kappa shape index (κ1) is 39.1. The van der Waals surface area contributed by atoms with Crippen LogP contribution in [0.4, 0.5) is 8.78 Å². The number of aliphatic hydroxyl groups is 1. The first-order chi connectivity index (χ1) is 23.4. The van der Waals surface area contributed by atoms with Crippen LogP contribution < -0.4 is 15.4 Å². The van der Waals surface area contributed by atoms with Gasteiger partial charge in [0.1, 0.15) is 24.0 Å². The molecule has 0 radical (unpaired) electrons. The highest BCUT2D eigenvalue weighted by molar-refractivity contribution is 6.06. The van der Waals surface area contributed by atoms with Gasteiger partial charge in [-0.1, -0.05) is 45.0 Å². The van der Waals surface area contributed by atoms with E-state index >= 15 is 0 Å². The Kier molecular flexibility index (Phi) is 15.6. The number of carbonyl (C=O) groups is 2. The Morgan fingerprint density at radius 2 is 1.57 bits per heavy atom. The number of nitrogens with one attached hydrogen (secondary N) is 2. The molecular weight excluding hydrogens is 630 g/mol. The second-order valence-electron chi connectivity index (χ2n) is 12.6. The Hall–Kier alpha value is -4.35. The molecule has 0 spiro atoms. The lowest BCUT2D eigenvalue weighted by Gasteiger charge is -2.26. The summed E-state index contributed by atoms with van der Waals surface area (Å²) in [6, 6.07) is 14.4. The average Bonchev–Trinajstić information content (AvgIpc) is 3.06. The van der Waals surface area contributed by atoms with Crippen LogP contribution in [0.2, 0.25) is 0 Å². The fourth-order valence-corrected chi connectivity index (χ4v) is 5.27. The molecule has 9 nitrogen and oxygen atoms in total. The highest BCUT2D eigenvalue weighted by atomic mass is 19.1. The Bertz CT molecular complexity index is 1540. The summed E-state index contributed by atoms with van der Waals surface area (Å²) in [6.07, 6.45) is 0.337. The summed E-state index contributed by atoms with van der Waals surface area (Å²) in [5, 5.41) is 21.6. The van der Waals surface area contributed by atoms with E-state index < -0.39 is 29.7 Å². The molecule has 0 fully saturated rings. The van der Waals surface area contributed by atoms with Crippen LogP contribution in [0.1, 0.15) is 84.9 Å².